The average Bonchev–Trinajstić information content (AvgIpc) is 2.94. The molecule has 2 aromatic carbocycles. The van der Waals surface area contributed by atoms with Crippen LogP contribution >= 0.6 is 0 Å². The Kier molecular flexibility index (Phi) is 5.70. The van der Waals surface area contributed by atoms with E-state index in [1.165, 1.54) is 37.3 Å². The van der Waals surface area contributed by atoms with E-state index < -0.39 is 41.3 Å². The third-order valence-electron chi connectivity index (χ3n) is 5.43. The topological polar surface area (TPSA) is 102 Å². The first kappa shape index (κ1) is 22.8. The first-order valence-electron chi connectivity index (χ1n) is 9.53. The van der Waals surface area contributed by atoms with Gasteiger partial charge in [0.1, 0.15) is 11.3 Å². The van der Waals surface area contributed by atoms with Crippen LogP contribution in [0.5, 0.6) is 5.75 Å². The quantitative estimate of drug-likeness (QED) is 0.703. The van der Waals surface area contributed by atoms with Crippen LogP contribution in [0.25, 0.3) is 0 Å². The average molecular weight is 445 g/mol. The minimum absolute atomic E-state index is 0.0821. The molecular formula is C22H18F3N3O4. The monoisotopic (exact) mass is 445 g/mol. The Morgan fingerprint density at radius 1 is 1.16 bits per heavy atom. The molecule has 0 spiro atoms. The molecule has 10 heteroatoms. The van der Waals surface area contributed by atoms with Gasteiger partial charge in [-0.15, -0.1) is 0 Å². The van der Waals surface area contributed by atoms with E-state index in [1.54, 1.807) is 6.92 Å². The SMILES string of the molecule is CCC(=O)CN1C(=O)N(c2ccc(C#N)c(C(F)(F)F)c2)C(=O)C1(C)c1ccc(O)cc1. The number of carbonyl (C=O) groups excluding carboxylic acids is 3. The molecule has 166 valence electrons. The van der Waals surface area contributed by atoms with Crippen LogP contribution in [0, 0.1) is 11.3 Å². The number of urea groups is 1. The Morgan fingerprint density at radius 3 is 2.31 bits per heavy atom. The van der Waals surface area contributed by atoms with Crippen LogP contribution in [-0.4, -0.2) is 34.3 Å². The zero-order chi connectivity index (χ0) is 23.8. The van der Waals surface area contributed by atoms with Gasteiger partial charge in [-0.3, -0.25) is 14.5 Å². The number of halogens is 3. The Morgan fingerprint density at radius 2 is 1.78 bits per heavy atom. The molecule has 32 heavy (non-hydrogen) atoms. The number of imide groups is 1. The summed E-state index contributed by atoms with van der Waals surface area (Å²) in [5.41, 5.74) is -3.75. The number of nitrogens with zero attached hydrogens (tertiary/aromatic N) is 3. The number of hydrogen-bond acceptors (Lipinski definition) is 5. The summed E-state index contributed by atoms with van der Waals surface area (Å²) in [6, 6.07) is 8.39. The van der Waals surface area contributed by atoms with Crippen LogP contribution < -0.4 is 4.90 Å². The van der Waals surface area contributed by atoms with Crippen molar-refractivity contribution in [3.8, 4) is 11.8 Å². The molecule has 1 heterocycles. The first-order chi connectivity index (χ1) is 14.9. The molecule has 3 amide bonds. The smallest absolute Gasteiger partial charge is 0.417 e. The maximum atomic E-state index is 13.5. The molecule has 1 unspecified atom stereocenters. The lowest BCUT2D eigenvalue weighted by molar-refractivity contribution is -0.137. The van der Waals surface area contributed by atoms with Gasteiger partial charge < -0.3 is 5.11 Å². The number of phenols is 1. The molecule has 0 saturated carbocycles. The molecular weight excluding hydrogens is 427 g/mol. The molecule has 0 aromatic heterocycles. The molecule has 1 aliphatic rings. The number of alkyl halides is 3. The molecule has 7 nitrogen and oxygen atoms in total. The third kappa shape index (κ3) is 3.66. The molecule has 0 bridgehead atoms. The molecule has 1 atom stereocenters. The van der Waals surface area contributed by atoms with Crippen LogP contribution in [0.2, 0.25) is 0 Å². The van der Waals surface area contributed by atoms with Crippen molar-refractivity contribution >= 4 is 23.4 Å². The molecule has 1 aliphatic heterocycles. The number of ketones is 1. The van der Waals surface area contributed by atoms with E-state index >= 15 is 0 Å². The molecule has 1 saturated heterocycles. The fourth-order valence-electron chi connectivity index (χ4n) is 3.54. The van der Waals surface area contributed by atoms with Crippen molar-refractivity contribution in [1.29, 1.82) is 5.26 Å². The molecule has 1 N–H and O–H groups in total. The van der Waals surface area contributed by atoms with E-state index in [-0.39, 0.29) is 29.2 Å². The van der Waals surface area contributed by atoms with Gasteiger partial charge in [-0.25, -0.2) is 9.69 Å². The van der Waals surface area contributed by atoms with E-state index in [4.69, 9.17) is 5.26 Å². The summed E-state index contributed by atoms with van der Waals surface area (Å²) < 4.78 is 40.3. The van der Waals surface area contributed by atoms with Crippen molar-refractivity contribution in [1.82, 2.24) is 4.90 Å². The van der Waals surface area contributed by atoms with E-state index in [2.05, 4.69) is 0 Å². The van der Waals surface area contributed by atoms with Crippen molar-refractivity contribution in [3.63, 3.8) is 0 Å². The van der Waals surface area contributed by atoms with Crippen molar-refractivity contribution in [2.75, 3.05) is 11.4 Å². The van der Waals surface area contributed by atoms with E-state index in [0.29, 0.717) is 11.0 Å². The lowest BCUT2D eigenvalue weighted by Gasteiger charge is -2.31. The largest absolute Gasteiger partial charge is 0.508 e. The van der Waals surface area contributed by atoms with E-state index in [0.717, 1.165) is 17.0 Å². The van der Waals surface area contributed by atoms with Gasteiger partial charge in [-0.2, -0.15) is 18.4 Å². The Balaban J connectivity index is 2.18. The maximum Gasteiger partial charge on any atom is 0.417 e. The summed E-state index contributed by atoms with van der Waals surface area (Å²) in [5, 5.41) is 18.6. The van der Waals surface area contributed by atoms with Gasteiger partial charge in [-0.1, -0.05) is 19.1 Å². The summed E-state index contributed by atoms with van der Waals surface area (Å²) in [7, 11) is 0. The lowest BCUT2D eigenvalue weighted by Crippen LogP contribution is -2.46. The van der Waals surface area contributed by atoms with Gasteiger partial charge >= 0.3 is 12.2 Å². The second kappa shape index (κ2) is 8.00. The van der Waals surface area contributed by atoms with Crippen LogP contribution in [0.4, 0.5) is 23.7 Å². The summed E-state index contributed by atoms with van der Waals surface area (Å²) in [5.74, 6) is -1.31. The highest BCUT2D eigenvalue weighted by molar-refractivity contribution is 6.23. The number of amides is 3. The number of carbonyl (C=O) groups is 3. The van der Waals surface area contributed by atoms with Crippen LogP contribution in [0.15, 0.2) is 42.5 Å². The Labute approximate surface area is 181 Å². The highest BCUT2D eigenvalue weighted by atomic mass is 19.4. The number of rotatable bonds is 5. The van der Waals surface area contributed by atoms with Crippen molar-refractivity contribution in [2.45, 2.75) is 32.0 Å². The first-order valence-corrected chi connectivity index (χ1v) is 9.53. The second-order valence-corrected chi connectivity index (χ2v) is 7.36. The predicted octanol–water partition coefficient (Wildman–Crippen LogP) is 3.95. The number of aromatic hydroxyl groups is 1. The number of nitriles is 1. The summed E-state index contributed by atoms with van der Waals surface area (Å²) in [6.07, 6.45) is -4.80. The summed E-state index contributed by atoms with van der Waals surface area (Å²) in [6.45, 7) is 2.53. The highest BCUT2D eigenvalue weighted by Crippen LogP contribution is 2.42. The number of phenolic OH excluding ortho intramolecular Hbond substituents is 1. The number of hydrogen-bond donors (Lipinski definition) is 1. The minimum atomic E-state index is -4.88. The molecule has 1 fully saturated rings. The summed E-state index contributed by atoms with van der Waals surface area (Å²) >= 11 is 0. The molecule has 2 aromatic rings. The normalized spacial score (nSPS) is 18.8. The van der Waals surface area contributed by atoms with Crippen LogP contribution in [-0.2, 0) is 21.3 Å². The molecule has 3 rings (SSSR count). The Hall–Kier alpha value is -3.87. The number of benzene rings is 2. The fraction of sp³-hybridized carbons (Fsp3) is 0.273. The van der Waals surface area contributed by atoms with Gasteiger partial charge in [0, 0.05) is 6.42 Å². The Bertz CT molecular complexity index is 1140. The zero-order valence-corrected chi connectivity index (χ0v) is 17.1. The van der Waals surface area contributed by atoms with E-state index in [1.807, 2.05) is 0 Å². The highest BCUT2D eigenvalue weighted by Gasteiger charge is 2.56. The van der Waals surface area contributed by atoms with Crippen LogP contribution in [0.1, 0.15) is 37.0 Å². The van der Waals surface area contributed by atoms with Crippen molar-refractivity contribution in [3.05, 3.63) is 59.2 Å². The standard InChI is InChI=1S/C22H18F3N3O4/c1-3-16(29)12-27-20(32)28(15-7-4-13(11-26)18(10-15)22(23,24)25)19(31)21(27,2)14-5-8-17(30)9-6-14/h4-10,30H,3,12H2,1-2H3. The maximum absolute atomic E-state index is 13.5. The molecule has 0 aliphatic carbocycles. The van der Waals surface area contributed by atoms with Gasteiger partial charge in [0.2, 0.25) is 0 Å². The van der Waals surface area contributed by atoms with Gasteiger partial charge in [-0.05, 0) is 42.8 Å². The van der Waals surface area contributed by atoms with Gasteiger partial charge in [0.25, 0.3) is 5.91 Å². The number of Topliss-reactive ketones (excluding diaryl/α,β-unsaturated/α-hetero) is 1. The lowest BCUT2D eigenvalue weighted by atomic mass is 9.90. The van der Waals surface area contributed by atoms with Gasteiger partial charge in [0.15, 0.2) is 5.78 Å². The third-order valence-corrected chi connectivity index (χ3v) is 5.43. The number of anilines is 1. The zero-order valence-electron chi connectivity index (χ0n) is 17.1. The van der Waals surface area contributed by atoms with E-state index in [9.17, 15) is 32.7 Å². The van der Waals surface area contributed by atoms with Gasteiger partial charge in [0.05, 0.1) is 29.4 Å². The van der Waals surface area contributed by atoms with Crippen molar-refractivity contribution < 1.29 is 32.7 Å². The fourth-order valence-corrected chi connectivity index (χ4v) is 3.54. The minimum Gasteiger partial charge on any atom is -0.508 e. The van der Waals surface area contributed by atoms with Crippen LogP contribution in [0.3, 0.4) is 0 Å². The predicted molar refractivity (Wildman–Crippen MR) is 107 cm³/mol. The van der Waals surface area contributed by atoms with Crippen molar-refractivity contribution in [2.24, 2.45) is 0 Å². The summed E-state index contributed by atoms with van der Waals surface area (Å²) in [4.78, 5) is 40.4. The molecule has 0 radical (unpaired) electrons. The second-order valence-electron chi connectivity index (χ2n) is 7.36.